The molecule has 4 N–H and O–H groups in total. The third kappa shape index (κ3) is 6.74. The summed E-state index contributed by atoms with van der Waals surface area (Å²) in [5, 5.41) is 18.2. The molecule has 2 rings (SSSR count). The number of hydrogen-bond donors (Lipinski definition) is 4. The molecule has 0 aromatic rings. The number of aliphatic hydroxyl groups is 1. The second-order valence-electron chi connectivity index (χ2n) is 7.40. The lowest BCUT2D eigenvalue weighted by atomic mass is 9.96. The first-order valence-electron chi connectivity index (χ1n) is 9.68. The highest BCUT2D eigenvalue weighted by molar-refractivity contribution is 5.78. The van der Waals surface area contributed by atoms with Crippen LogP contribution in [0.1, 0.15) is 46.0 Å². The fraction of sp³-hybridized carbons (Fsp3) is 0.889. The van der Waals surface area contributed by atoms with Crippen LogP contribution in [0.5, 0.6) is 0 Å². The van der Waals surface area contributed by atoms with Gasteiger partial charge in [-0.1, -0.05) is 0 Å². The Morgan fingerprint density at radius 2 is 1.88 bits per heavy atom. The highest BCUT2D eigenvalue weighted by Crippen LogP contribution is 2.22. The lowest BCUT2D eigenvalue weighted by Gasteiger charge is -2.36. The lowest BCUT2D eigenvalue weighted by molar-refractivity contribution is -0.128. The van der Waals surface area contributed by atoms with Crippen molar-refractivity contribution in [2.75, 3.05) is 26.4 Å². The Balaban J connectivity index is 1.69. The van der Waals surface area contributed by atoms with Crippen molar-refractivity contribution in [1.82, 2.24) is 16.0 Å². The number of urea groups is 1. The molecular formula is C18H33N3O5. The number of aliphatic hydroxyl groups excluding tert-OH is 1. The molecule has 0 radical (unpaired) electrons. The van der Waals surface area contributed by atoms with E-state index in [1.807, 2.05) is 13.8 Å². The molecule has 0 unspecified atom stereocenters. The zero-order chi connectivity index (χ0) is 18.9. The molecule has 2 fully saturated rings. The largest absolute Gasteiger partial charge is 0.394 e. The quantitative estimate of drug-likeness (QED) is 0.522. The van der Waals surface area contributed by atoms with Gasteiger partial charge < -0.3 is 30.5 Å². The molecule has 2 heterocycles. The molecule has 8 heteroatoms. The van der Waals surface area contributed by atoms with E-state index in [0.717, 1.165) is 25.7 Å². The molecular weight excluding hydrogens is 338 g/mol. The Morgan fingerprint density at radius 1 is 1.15 bits per heavy atom. The number of hydrogen-bond acceptors (Lipinski definition) is 5. The molecule has 0 spiro atoms. The normalized spacial score (nSPS) is 27.2. The van der Waals surface area contributed by atoms with Crippen molar-refractivity contribution in [2.45, 2.75) is 70.2 Å². The molecule has 2 aliphatic rings. The van der Waals surface area contributed by atoms with Gasteiger partial charge in [-0.05, 0) is 46.0 Å². The van der Waals surface area contributed by atoms with Crippen LogP contribution in [0.15, 0.2) is 0 Å². The van der Waals surface area contributed by atoms with Gasteiger partial charge in [0.1, 0.15) is 6.10 Å². The molecule has 0 bridgehead atoms. The van der Waals surface area contributed by atoms with Crippen molar-refractivity contribution in [1.29, 1.82) is 0 Å². The summed E-state index contributed by atoms with van der Waals surface area (Å²) >= 11 is 0. The monoisotopic (exact) mass is 371 g/mol. The maximum atomic E-state index is 12.1. The summed E-state index contributed by atoms with van der Waals surface area (Å²) in [6, 6.07) is -0.389. The first-order valence-corrected chi connectivity index (χ1v) is 9.68. The number of carbonyl (C=O) groups is 2. The molecule has 150 valence electrons. The number of rotatable bonds is 7. The van der Waals surface area contributed by atoms with Gasteiger partial charge in [-0.15, -0.1) is 0 Å². The Labute approximate surface area is 155 Å². The van der Waals surface area contributed by atoms with Crippen molar-refractivity contribution in [3.8, 4) is 0 Å². The number of amides is 3. The molecule has 2 saturated heterocycles. The average Bonchev–Trinajstić information content (AvgIpc) is 2.62. The topological polar surface area (TPSA) is 109 Å². The maximum absolute atomic E-state index is 12.1. The first-order chi connectivity index (χ1) is 12.5. The minimum Gasteiger partial charge on any atom is -0.394 e. The highest BCUT2D eigenvalue weighted by Gasteiger charge is 2.32. The zero-order valence-electron chi connectivity index (χ0n) is 15.8. The van der Waals surface area contributed by atoms with Crippen molar-refractivity contribution in [3.63, 3.8) is 0 Å². The third-order valence-electron chi connectivity index (χ3n) is 4.89. The first kappa shape index (κ1) is 20.9. The van der Waals surface area contributed by atoms with Crippen molar-refractivity contribution >= 4 is 11.9 Å². The number of nitrogens with one attached hydrogen (secondary N) is 3. The second-order valence-corrected chi connectivity index (χ2v) is 7.40. The minimum absolute atomic E-state index is 0.0200. The van der Waals surface area contributed by atoms with Crippen LogP contribution < -0.4 is 16.0 Å². The van der Waals surface area contributed by atoms with Crippen LogP contribution >= 0.6 is 0 Å². The fourth-order valence-corrected chi connectivity index (χ4v) is 3.44. The van der Waals surface area contributed by atoms with E-state index < -0.39 is 6.10 Å². The van der Waals surface area contributed by atoms with Crippen LogP contribution in [0.25, 0.3) is 0 Å². The van der Waals surface area contributed by atoms with Crippen LogP contribution in [0, 0.1) is 5.92 Å². The van der Waals surface area contributed by atoms with Crippen LogP contribution in [0.2, 0.25) is 0 Å². The second kappa shape index (κ2) is 10.7. The van der Waals surface area contributed by atoms with Crippen LogP contribution in [-0.2, 0) is 14.3 Å². The van der Waals surface area contributed by atoms with Crippen molar-refractivity contribution in [3.05, 3.63) is 0 Å². The van der Waals surface area contributed by atoms with E-state index in [1.54, 1.807) is 0 Å². The van der Waals surface area contributed by atoms with E-state index in [-0.39, 0.29) is 42.7 Å². The van der Waals surface area contributed by atoms with Gasteiger partial charge in [-0.2, -0.15) is 0 Å². The van der Waals surface area contributed by atoms with Gasteiger partial charge in [0.15, 0.2) is 0 Å². The number of ether oxygens (including phenoxy) is 2. The predicted octanol–water partition coefficient (Wildman–Crippen LogP) is 0.535. The molecule has 0 saturated carbocycles. The molecule has 0 aliphatic carbocycles. The summed E-state index contributed by atoms with van der Waals surface area (Å²) < 4.78 is 11.2. The smallest absolute Gasteiger partial charge is 0.315 e. The molecule has 0 aromatic heterocycles. The van der Waals surface area contributed by atoms with Crippen LogP contribution in [-0.4, -0.2) is 67.7 Å². The van der Waals surface area contributed by atoms with Gasteiger partial charge in [0.25, 0.3) is 0 Å². The van der Waals surface area contributed by atoms with Crippen LogP contribution in [0.4, 0.5) is 4.79 Å². The summed E-state index contributed by atoms with van der Waals surface area (Å²) in [5.41, 5.74) is 0. The summed E-state index contributed by atoms with van der Waals surface area (Å²) in [6.07, 6.45) is 3.36. The lowest BCUT2D eigenvalue weighted by Crippen LogP contribution is -2.54. The SMILES string of the molecule is CC(C)NC(=O)N[C@H]1CC[C@@H](CCNC(=O)C2CCOCC2)O[C@@H]1CO. The maximum Gasteiger partial charge on any atom is 0.315 e. The van der Waals surface area contributed by atoms with Gasteiger partial charge >= 0.3 is 6.03 Å². The van der Waals surface area contributed by atoms with E-state index in [2.05, 4.69) is 16.0 Å². The standard InChI is InChI=1S/C18H33N3O5/c1-12(2)20-18(24)21-15-4-3-14(26-16(15)11-22)5-8-19-17(23)13-6-9-25-10-7-13/h12-16,22H,3-11H2,1-2H3,(H,19,23)(H2,20,21,24)/t14-,15-,16+/m0/s1. The minimum atomic E-state index is -0.419. The Bertz CT molecular complexity index is 454. The van der Waals surface area contributed by atoms with Crippen molar-refractivity contribution in [2.24, 2.45) is 5.92 Å². The van der Waals surface area contributed by atoms with E-state index in [1.165, 1.54) is 0 Å². The van der Waals surface area contributed by atoms with Gasteiger partial charge in [-0.3, -0.25) is 4.79 Å². The molecule has 2 aliphatic heterocycles. The third-order valence-corrected chi connectivity index (χ3v) is 4.89. The number of carbonyl (C=O) groups excluding carboxylic acids is 2. The molecule has 3 amide bonds. The van der Waals surface area contributed by atoms with E-state index in [0.29, 0.717) is 26.2 Å². The van der Waals surface area contributed by atoms with Gasteiger partial charge in [0.05, 0.1) is 18.8 Å². The molecule has 3 atom stereocenters. The summed E-state index contributed by atoms with van der Waals surface area (Å²) in [5.74, 6) is 0.141. The van der Waals surface area contributed by atoms with E-state index in [9.17, 15) is 14.7 Å². The van der Waals surface area contributed by atoms with Gasteiger partial charge in [-0.25, -0.2) is 4.79 Å². The Morgan fingerprint density at radius 3 is 2.54 bits per heavy atom. The van der Waals surface area contributed by atoms with E-state index in [4.69, 9.17) is 9.47 Å². The Kier molecular flexibility index (Phi) is 8.61. The molecule has 0 aromatic carbocycles. The van der Waals surface area contributed by atoms with Crippen LogP contribution in [0.3, 0.4) is 0 Å². The molecule has 26 heavy (non-hydrogen) atoms. The fourth-order valence-electron chi connectivity index (χ4n) is 3.44. The summed E-state index contributed by atoms with van der Waals surface area (Å²) in [6.45, 7) is 5.51. The molecule has 8 nitrogen and oxygen atoms in total. The summed E-state index contributed by atoms with van der Waals surface area (Å²) in [4.78, 5) is 24.0. The Hall–Kier alpha value is -1.38. The van der Waals surface area contributed by atoms with E-state index >= 15 is 0 Å². The average molecular weight is 371 g/mol. The summed E-state index contributed by atoms with van der Waals surface area (Å²) in [7, 11) is 0. The highest BCUT2D eigenvalue weighted by atomic mass is 16.5. The zero-order valence-corrected chi connectivity index (χ0v) is 15.8. The predicted molar refractivity (Wildman–Crippen MR) is 96.7 cm³/mol. The van der Waals surface area contributed by atoms with Gasteiger partial charge in [0, 0.05) is 31.7 Å². The van der Waals surface area contributed by atoms with Gasteiger partial charge in [0.2, 0.25) is 5.91 Å². The van der Waals surface area contributed by atoms with Crippen molar-refractivity contribution < 1.29 is 24.2 Å².